The van der Waals surface area contributed by atoms with Gasteiger partial charge >= 0.3 is 0 Å². The van der Waals surface area contributed by atoms with Gasteiger partial charge in [0.2, 0.25) is 10.0 Å². The van der Waals surface area contributed by atoms with Gasteiger partial charge in [-0.1, -0.05) is 11.3 Å². The maximum Gasteiger partial charge on any atom is 0.257 e. The summed E-state index contributed by atoms with van der Waals surface area (Å²) < 4.78 is 44.5. The highest BCUT2D eigenvalue weighted by Gasteiger charge is 2.32. The highest BCUT2D eigenvalue weighted by atomic mass is 32.2. The third-order valence-corrected chi connectivity index (χ3v) is 8.03. The lowest BCUT2D eigenvalue weighted by molar-refractivity contribution is -0.0440. The monoisotopic (exact) mass is 491 g/mol. The Morgan fingerprint density at radius 3 is 2.30 bits per heavy atom. The van der Waals surface area contributed by atoms with Gasteiger partial charge in [-0.05, 0) is 38.1 Å². The van der Waals surface area contributed by atoms with Gasteiger partial charge in [0.1, 0.15) is 0 Å². The molecule has 4 rings (SSSR count). The van der Waals surface area contributed by atoms with Gasteiger partial charge < -0.3 is 14.2 Å². The van der Waals surface area contributed by atoms with E-state index in [4.69, 9.17) is 14.2 Å². The molecular weight excluding hydrogens is 466 g/mol. The van der Waals surface area contributed by atoms with Crippen LogP contribution in [0.25, 0.3) is 10.2 Å². The minimum absolute atomic E-state index is 0.138. The third-order valence-electron chi connectivity index (χ3n) is 5.25. The largest absolute Gasteiger partial charge is 0.493 e. The molecule has 1 aromatic heterocycles. The number of morpholine rings is 1. The van der Waals surface area contributed by atoms with Crippen LogP contribution in [-0.4, -0.2) is 63.1 Å². The minimum atomic E-state index is -3.67. The number of carbonyl (C=O) groups excluding carboxylic acids is 1. The van der Waals surface area contributed by atoms with Gasteiger partial charge in [-0.25, -0.2) is 13.4 Å². The number of thiazole rings is 1. The molecule has 0 unspecified atom stereocenters. The van der Waals surface area contributed by atoms with E-state index in [-0.39, 0.29) is 23.0 Å². The van der Waals surface area contributed by atoms with Crippen molar-refractivity contribution < 1.29 is 27.4 Å². The summed E-state index contributed by atoms with van der Waals surface area (Å²) in [6.45, 7) is 4.28. The van der Waals surface area contributed by atoms with Crippen LogP contribution in [0.3, 0.4) is 0 Å². The maximum atomic E-state index is 13.0. The van der Waals surface area contributed by atoms with Crippen molar-refractivity contribution in [2.24, 2.45) is 0 Å². The molecule has 9 nitrogen and oxygen atoms in total. The van der Waals surface area contributed by atoms with Crippen LogP contribution < -0.4 is 14.8 Å². The molecule has 0 spiro atoms. The van der Waals surface area contributed by atoms with Gasteiger partial charge in [-0.15, -0.1) is 0 Å². The summed E-state index contributed by atoms with van der Waals surface area (Å²) in [4.78, 5) is 17.3. The van der Waals surface area contributed by atoms with Crippen LogP contribution in [0.5, 0.6) is 11.5 Å². The number of ether oxygens (including phenoxy) is 3. The molecule has 1 fully saturated rings. The summed E-state index contributed by atoms with van der Waals surface area (Å²) >= 11 is 1.30. The first kappa shape index (κ1) is 23.4. The molecule has 33 heavy (non-hydrogen) atoms. The Morgan fingerprint density at radius 2 is 1.70 bits per heavy atom. The van der Waals surface area contributed by atoms with Crippen LogP contribution in [0.4, 0.5) is 5.13 Å². The first-order valence-corrected chi connectivity index (χ1v) is 12.6. The number of methoxy groups -OCH3 is 2. The SMILES string of the molecule is COc1cc2nc(NC(=O)c3ccc(S(=O)(=O)N4C[C@@H](C)O[C@@H](C)C4)cc3)sc2cc1OC. The standard InChI is InChI=1S/C22H25N3O6S2/c1-13-11-25(12-14(2)31-13)33(27,28)16-7-5-15(6-8-16)21(26)24-22-23-17-9-18(29-3)19(30-4)10-20(17)32-22/h5-10,13-14H,11-12H2,1-4H3,(H,23,24,26)/t13-,14+. The summed E-state index contributed by atoms with van der Waals surface area (Å²) in [5, 5.41) is 3.18. The first-order valence-electron chi connectivity index (χ1n) is 10.3. The Bertz CT molecular complexity index is 1220. The van der Waals surface area contributed by atoms with Crippen molar-refractivity contribution in [3.63, 3.8) is 0 Å². The zero-order chi connectivity index (χ0) is 23.8. The highest BCUT2D eigenvalue weighted by molar-refractivity contribution is 7.89. The zero-order valence-electron chi connectivity index (χ0n) is 18.7. The lowest BCUT2D eigenvalue weighted by Gasteiger charge is -2.34. The van der Waals surface area contributed by atoms with E-state index in [9.17, 15) is 13.2 Å². The molecule has 2 heterocycles. The van der Waals surface area contributed by atoms with E-state index < -0.39 is 10.0 Å². The molecule has 11 heteroatoms. The van der Waals surface area contributed by atoms with Gasteiger partial charge in [0.15, 0.2) is 16.6 Å². The normalized spacial score (nSPS) is 19.4. The lowest BCUT2D eigenvalue weighted by Crippen LogP contribution is -2.48. The molecule has 0 aliphatic carbocycles. The Hall–Kier alpha value is -2.73. The highest BCUT2D eigenvalue weighted by Crippen LogP contribution is 2.36. The van der Waals surface area contributed by atoms with Gasteiger partial charge in [0.05, 0.1) is 41.5 Å². The molecule has 0 saturated carbocycles. The topological polar surface area (TPSA) is 107 Å². The molecular formula is C22H25N3O6S2. The summed E-state index contributed by atoms with van der Waals surface area (Å²) in [6.07, 6.45) is -0.357. The number of anilines is 1. The smallest absolute Gasteiger partial charge is 0.257 e. The Kier molecular flexibility index (Phi) is 6.57. The van der Waals surface area contributed by atoms with Gasteiger partial charge in [0.25, 0.3) is 5.91 Å². The number of hydrogen-bond acceptors (Lipinski definition) is 8. The lowest BCUT2D eigenvalue weighted by atomic mass is 10.2. The molecule has 2 atom stereocenters. The van der Waals surface area contributed by atoms with Crippen molar-refractivity contribution in [3.8, 4) is 11.5 Å². The fourth-order valence-electron chi connectivity index (χ4n) is 3.73. The molecule has 2 aromatic carbocycles. The van der Waals surface area contributed by atoms with Gasteiger partial charge in [-0.3, -0.25) is 10.1 Å². The molecule has 1 saturated heterocycles. The van der Waals surface area contributed by atoms with E-state index in [2.05, 4.69) is 10.3 Å². The van der Waals surface area contributed by atoms with E-state index in [1.54, 1.807) is 26.4 Å². The van der Waals surface area contributed by atoms with E-state index in [0.717, 1.165) is 4.70 Å². The Balaban J connectivity index is 1.50. The van der Waals surface area contributed by atoms with Crippen LogP contribution in [0.2, 0.25) is 0 Å². The van der Waals surface area contributed by atoms with Crippen LogP contribution in [0, 0.1) is 0 Å². The summed E-state index contributed by atoms with van der Waals surface area (Å²) in [5.74, 6) is 0.743. The molecule has 0 bridgehead atoms. The summed E-state index contributed by atoms with van der Waals surface area (Å²) in [6, 6.07) is 9.43. The van der Waals surface area contributed by atoms with Gasteiger partial charge in [0, 0.05) is 30.8 Å². The van der Waals surface area contributed by atoms with Crippen LogP contribution in [0.1, 0.15) is 24.2 Å². The number of nitrogens with zero attached hydrogens (tertiary/aromatic N) is 2. The van der Waals surface area contributed by atoms with Crippen LogP contribution >= 0.6 is 11.3 Å². The van der Waals surface area contributed by atoms with Crippen molar-refractivity contribution >= 4 is 42.6 Å². The number of sulfonamides is 1. The number of carbonyl (C=O) groups is 1. The fraction of sp³-hybridized carbons (Fsp3) is 0.364. The third kappa shape index (κ3) is 4.81. The second kappa shape index (κ2) is 9.26. The fourth-order valence-corrected chi connectivity index (χ4v) is 6.19. The van der Waals surface area contributed by atoms with Crippen LogP contribution in [-0.2, 0) is 14.8 Å². The van der Waals surface area contributed by atoms with E-state index >= 15 is 0 Å². The number of amides is 1. The molecule has 1 amide bonds. The number of rotatable bonds is 6. The predicted molar refractivity (Wildman–Crippen MR) is 126 cm³/mol. The van der Waals surface area contributed by atoms with E-state index in [1.165, 1.54) is 39.9 Å². The molecule has 3 aromatic rings. The first-order chi connectivity index (χ1) is 15.7. The second-order valence-electron chi connectivity index (χ2n) is 7.75. The number of fused-ring (bicyclic) bond motifs is 1. The quantitative estimate of drug-likeness (QED) is 0.563. The second-order valence-corrected chi connectivity index (χ2v) is 10.7. The molecule has 176 valence electrons. The molecule has 1 aliphatic heterocycles. The summed E-state index contributed by atoms with van der Waals surface area (Å²) in [7, 11) is -0.575. The number of nitrogens with one attached hydrogen (secondary N) is 1. The van der Waals surface area contributed by atoms with Crippen LogP contribution in [0.15, 0.2) is 41.3 Å². The predicted octanol–water partition coefficient (Wildman–Crippen LogP) is 3.36. The summed E-state index contributed by atoms with van der Waals surface area (Å²) in [5.41, 5.74) is 0.996. The number of benzene rings is 2. The van der Waals surface area contributed by atoms with E-state index in [1.807, 2.05) is 13.8 Å². The molecule has 0 radical (unpaired) electrons. The number of aromatic nitrogens is 1. The minimum Gasteiger partial charge on any atom is -0.493 e. The van der Waals surface area contributed by atoms with Gasteiger partial charge in [-0.2, -0.15) is 4.31 Å². The maximum absolute atomic E-state index is 13.0. The van der Waals surface area contributed by atoms with Crippen molar-refractivity contribution in [2.75, 3.05) is 32.6 Å². The van der Waals surface area contributed by atoms with Crippen molar-refractivity contribution in [3.05, 3.63) is 42.0 Å². The molecule has 1 aliphatic rings. The average Bonchev–Trinajstić information content (AvgIpc) is 3.18. The average molecular weight is 492 g/mol. The van der Waals surface area contributed by atoms with E-state index in [0.29, 0.717) is 40.8 Å². The Morgan fingerprint density at radius 1 is 1.09 bits per heavy atom. The van der Waals surface area contributed by atoms with Crippen molar-refractivity contribution in [2.45, 2.75) is 31.0 Å². The number of hydrogen-bond donors (Lipinski definition) is 1. The molecule has 1 N–H and O–H groups in total. The van der Waals surface area contributed by atoms with Crippen molar-refractivity contribution in [1.29, 1.82) is 0 Å². The zero-order valence-corrected chi connectivity index (χ0v) is 20.3. The van der Waals surface area contributed by atoms with Crippen molar-refractivity contribution in [1.82, 2.24) is 9.29 Å². The Labute approximate surface area is 196 Å².